The number of aryl methyl sites for hydroxylation is 1. The fourth-order valence-corrected chi connectivity index (χ4v) is 3.13. The molecule has 0 unspecified atom stereocenters. The highest BCUT2D eigenvalue weighted by atomic mass is 19.1. The molecule has 0 aromatic heterocycles. The predicted molar refractivity (Wildman–Crippen MR) is 116 cm³/mol. The highest BCUT2D eigenvalue weighted by Gasteiger charge is 2.31. The van der Waals surface area contributed by atoms with Crippen molar-refractivity contribution in [1.29, 1.82) is 0 Å². The van der Waals surface area contributed by atoms with E-state index in [-0.39, 0.29) is 30.7 Å². The van der Waals surface area contributed by atoms with Gasteiger partial charge in [0.1, 0.15) is 6.04 Å². The molecule has 0 fully saturated rings. The lowest BCUT2D eigenvalue weighted by Crippen LogP contribution is -2.54. The average molecular weight is 415 g/mol. The first-order chi connectivity index (χ1) is 14.1. The third-order valence-electron chi connectivity index (χ3n) is 4.67. The molecule has 0 saturated carbocycles. The molecular weight excluding hydrogens is 383 g/mol. The van der Waals surface area contributed by atoms with Crippen LogP contribution in [-0.4, -0.2) is 34.9 Å². The van der Waals surface area contributed by atoms with E-state index in [4.69, 9.17) is 4.74 Å². The van der Waals surface area contributed by atoms with E-state index in [0.29, 0.717) is 6.42 Å². The monoisotopic (exact) mass is 414 g/mol. The second-order valence-electron chi connectivity index (χ2n) is 8.33. The minimum atomic E-state index is -0.666. The summed E-state index contributed by atoms with van der Waals surface area (Å²) in [7, 11) is 0. The van der Waals surface area contributed by atoms with Crippen LogP contribution in [0.25, 0.3) is 0 Å². The van der Waals surface area contributed by atoms with Gasteiger partial charge in [0, 0.05) is 12.1 Å². The van der Waals surface area contributed by atoms with Crippen molar-refractivity contribution in [3.8, 4) is 5.75 Å². The zero-order valence-electron chi connectivity index (χ0n) is 18.4. The summed E-state index contributed by atoms with van der Waals surface area (Å²) in [6.45, 7) is 9.42. The van der Waals surface area contributed by atoms with Gasteiger partial charge in [0.15, 0.2) is 18.2 Å². The molecule has 0 bridgehead atoms. The third kappa shape index (κ3) is 6.58. The molecule has 5 nitrogen and oxygen atoms in total. The fraction of sp³-hybridized carbons (Fsp3) is 0.417. The SMILES string of the molecule is CC[C@@H](C(=O)NC(C)(C)C)N(Cc1ccccc1C)C(=O)COc1ccccc1F. The number of hydrogen-bond donors (Lipinski definition) is 1. The van der Waals surface area contributed by atoms with Gasteiger partial charge in [-0.2, -0.15) is 0 Å². The smallest absolute Gasteiger partial charge is 0.261 e. The number of carbonyl (C=O) groups excluding carboxylic acids is 2. The second kappa shape index (κ2) is 10.2. The first-order valence-corrected chi connectivity index (χ1v) is 10.2. The average Bonchev–Trinajstić information content (AvgIpc) is 2.67. The lowest BCUT2D eigenvalue weighted by atomic mass is 10.0. The largest absolute Gasteiger partial charge is 0.481 e. The highest BCUT2D eigenvalue weighted by molar-refractivity contribution is 5.88. The number of rotatable bonds is 8. The first-order valence-electron chi connectivity index (χ1n) is 10.2. The van der Waals surface area contributed by atoms with Crippen molar-refractivity contribution in [1.82, 2.24) is 10.2 Å². The molecule has 2 rings (SSSR count). The van der Waals surface area contributed by atoms with E-state index in [1.165, 1.54) is 17.0 Å². The number of para-hydroxylation sites is 1. The topological polar surface area (TPSA) is 58.6 Å². The summed E-state index contributed by atoms with van der Waals surface area (Å²) in [6, 6.07) is 13.0. The molecule has 2 aromatic carbocycles. The van der Waals surface area contributed by atoms with Gasteiger partial charge in [-0.05, 0) is 57.4 Å². The maximum atomic E-state index is 13.9. The quantitative estimate of drug-likeness (QED) is 0.703. The molecule has 1 atom stereocenters. The van der Waals surface area contributed by atoms with Crippen molar-refractivity contribution in [3.63, 3.8) is 0 Å². The normalized spacial score (nSPS) is 12.2. The van der Waals surface area contributed by atoms with Crippen LogP contribution < -0.4 is 10.1 Å². The summed E-state index contributed by atoms with van der Waals surface area (Å²) in [5.41, 5.74) is 1.54. The van der Waals surface area contributed by atoms with Gasteiger partial charge in [-0.25, -0.2) is 4.39 Å². The number of carbonyl (C=O) groups is 2. The molecule has 1 N–H and O–H groups in total. The number of hydrogen-bond acceptors (Lipinski definition) is 3. The summed E-state index contributed by atoms with van der Waals surface area (Å²) in [5, 5.41) is 2.96. The van der Waals surface area contributed by atoms with Gasteiger partial charge < -0.3 is 15.0 Å². The van der Waals surface area contributed by atoms with Gasteiger partial charge in [-0.3, -0.25) is 9.59 Å². The predicted octanol–water partition coefficient (Wildman–Crippen LogP) is 4.24. The Hall–Kier alpha value is -2.89. The molecule has 0 aliphatic rings. The molecular formula is C24H31FN2O3. The van der Waals surface area contributed by atoms with Crippen LogP contribution in [0.15, 0.2) is 48.5 Å². The molecule has 0 radical (unpaired) electrons. The number of nitrogens with one attached hydrogen (secondary N) is 1. The standard InChI is InChI=1S/C24H31FN2O3/c1-6-20(23(29)26-24(3,4)5)27(15-18-12-8-7-11-17(18)2)22(28)16-30-21-14-10-9-13-19(21)25/h7-14,20H,6,15-16H2,1-5H3,(H,26,29)/t20-/m0/s1. The van der Waals surface area contributed by atoms with Crippen LogP contribution >= 0.6 is 0 Å². The zero-order chi connectivity index (χ0) is 22.3. The van der Waals surface area contributed by atoms with Crippen LogP contribution in [0.5, 0.6) is 5.75 Å². The molecule has 0 saturated heterocycles. The Labute approximate surface area is 178 Å². The number of benzene rings is 2. The fourth-order valence-electron chi connectivity index (χ4n) is 3.13. The lowest BCUT2D eigenvalue weighted by molar-refractivity contribution is -0.143. The maximum Gasteiger partial charge on any atom is 0.261 e. The van der Waals surface area contributed by atoms with Gasteiger partial charge in [-0.15, -0.1) is 0 Å². The summed E-state index contributed by atoms with van der Waals surface area (Å²) >= 11 is 0. The molecule has 0 heterocycles. The molecule has 2 amide bonds. The van der Waals surface area contributed by atoms with Crippen molar-refractivity contribution in [2.24, 2.45) is 0 Å². The molecule has 162 valence electrons. The first kappa shape index (κ1) is 23.4. The van der Waals surface area contributed by atoms with Crippen molar-refractivity contribution >= 4 is 11.8 Å². The number of nitrogens with zero attached hydrogens (tertiary/aromatic N) is 1. The van der Waals surface area contributed by atoms with E-state index in [9.17, 15) is 14.0 Å². The second-order valence-corrected chi connectivity index (χ2v) is 8.33. The minimum absolute atomic E-state index is 0.00823. The van der Waals surface area contributed by atoms with E-state index in [0.717, 1.165) is 11.1 Å². The van der Waals surface area contributed by atoms with Crippen LogP contribution in [0.3, 0.4) is 0 Å². The Morgan fingerprint density at radius 1 is 1.10 bits per heavy atom. The Bertz CT molecular complexity index is 877. The van der Waals surface area contributed by atoms with Crippen LogP contribution in [0.4, 0.5) is 4.39 Å². The van der Waals surface area contributed by atoms with Crippen molar-refractivity contribution in [3.05, 3.63) is 65.5 Å². The number of amides is 2. The Morgan fingerprint density at radius 2 is 1.73 bits per heavy atom. The van der Waals surface area contributed by atoms with E-state index in [2.05, 4.69) is 5.32 Å². The van der Waals surface area contributed by atoms with Crippen molar-refractivity contribution in [2.45, 2.75) is 59.2 Å². The zero-order valence-corrected chi connectivity index (χ0v) is 18.4. The van der Waals surface area contributed by atoms with E-state index in [1.807, 2.05) is 58.9 Å². The minimum Gasteiger partial charge on any atom is -0.481 e. The van der Waals surface area contributed by atoms with Gasteiger partial charge >= 0.3 is 0 Å². The van der Waals surface area contributed by atoms with E-state index >= 15 is 0 Å². The van der Waals surface area contributed by atoms with Crippen LogP contribution in [0, 0.1) is 12.7 Å². The summed E-state index contributed by atoms with van der Waals surface area (Å²) in [5.74, 6) is -1.13. The molecule has 30 heavy (non-hydrogen) atoms. The van der Waals surface area contributed by atoms with Gasteiger partial charge in [0.25, 0.3) is 5.91 Å². The molecule has 0 aliphatic carbocycles. The van der Waals surface area contributed by atoms with Crippen molar-refractivity contribution < 1.29 is 18.7 Å². The number of ether oxygens (including phenoxy) is 1. The molecule has 2 aromatic rings. The maximum absolute atomic E-state index is 13.9. The Morgan fingerprint density at radius 3 is 2.33 bits per heavy atom. The Balaban J connectivity index is 2.27. The van der Waals surface area contributed by atoms with Crippen LogP contribution in [-0.2, 0) is 16.1 Å². The molecule has 6 heteroatoms. The summed E-state index contributed by atoms with van der Waals surface area (Å²) < 4.78 is 19.3. The molecule has 0 spiro atoms. The summed E-state index contributed by atoms with van der Waals surface area (Å²) in [4.78, 5) is 27.6. The van der Waals surface area contributed by atoms with Gasteiger partial charge in [0.2, 0.25) is 5.91 Å². The Kier molecular flexibility index (Phi) is 7.98. The highest BCUT2D eigenvalue weighted by Crippen LogP contribution is 2.18. The van der Waals surface area contributed by atoms with Gasteiger partial charge in [-0.1, -0.05) is 43.3 Å². The molecule has 0 aliphatic heterocycles. The van der Waals surface area contributed by atoms with Crippen LogP contribution in [0.1, 0.15) is 45.2 Å². The third-order valence-corrected chi connectivity index (χ3v) is 4.67. The van der Waals surface area contributed by atoms with Gasteiger partial charge in [0.05, 0.1) is 0 Å². The van der Waals surface area contributed by atoms with E-state index in [1.54, 1.807) is 12.1 Å². The van der Waals surface area contributed by atoms with Crippen LogP contribution in [0.2, 0.25) is 0 Å². The van der Waals surface area contributed by atoms with Crippen molar-refractivity contribution in [2.75, 3.05) is 6.61 Å². The lowest BCUT2D eigenvalue weighted by Gasteiger charge is -2.33. The summed E-state index contributed by atoms with van der Waals surface area (Å²) in [6.07, 6.45) is 0.444. The number of halogens is 1. The van der Waals surface area contributed by atoms with E-state index < -0.39 is 17.4 Å².